The van der Waals surface area contributed by atoms with Crippen molar-refractivity contribution in [3.05, 3.63) is 62.5 Å². The summed E-state index contributed by atoms with van der Waals surface area (Å²) in [5.74, 6) is -1.07. The van der Waals surface area contributed by atoms with Crippen LogP contribution in [0, 0.1) is 18.7 Å². The first-order chi connectivity index (χ1) is 17.6. The Hall–Kier alpha value is -3.73. The second-order valence-corrected chi connectivity index (χ2v) is 9.85. The van der Waals surface area contributed by atoms with Crippen molar-refractivity contribution in [2.24, 2.45) is 5.92 Å². The maximum absolute atomic E-state index is 14.6. The molecule has 12 heteroatoms. The molecule has 1 aliphatic carbocycles. The van der Waals surface area contributed by atoms with Crippen LogP contribution in [0.15, 0.2) is 29.2 Å². The number of piperazine rings is 1. The zero-order valence-corrected chi connectivity index (χ0v) is 21.1. The van der Waals surface area contributed by atoms with Crippen LogP contribution in [-0.4, -0.2) is 62.4 Å². The second kappa shape index (κ2) is 9.62. The lowest BCUT2D eigenvalue weighted by atomic mass is 10.1. The molecule has 1 atom stereocenters. The van der Waals surface area contributed by atoms with Crippen LogP contribution in [-0.2, 0) is 4.79 Å². The van der Waals surface area contributed by atoms with Gasteiger partial charge in [0.25, 0.3) is 5.56 Å². The van der Waals surface area contributed by atoms with E-state index < -0.39 is 23.4 Å². The van der Waals surface area contributed by atoms with Crippen LogP contribution >= 0.6 is 11.6 Å². The van der Waals surface area contributed by atoms with Gasteiger partial charge in [0.15, 0.2) is 5.69 Å². The fourth-order valence-electron chi connectivity index (χ4n) is 4.69. The molecule has 0 aromatic carbocycles. The van der Waals surface area contributed by atoms with Gasteiger partial charge in [-0.15, -0.1) is 0 Å². The number of carbonyl (C=O) groups excluding carboxylic acids is 1. The normalized spacial score (nSPS) is 16.6. The number of hydrogen-bond acceptors (Lipinski definition) is 7. The summed E-state index contributed by atoms with van der Waals surface area (Å²) in [6.45, 7) is 5.53. The van der Waals surface area contributed by atoms with Gasteiger partial charge in [0.2, 0.25) is 5.91 Å². The predicted octanol–water partition coefficient (Wildman–Crippen LogP) is 3.12. The predicted molar refractivity (Wildman–Crippen MR) is 136 cm³/mol. The van der Waals surface area contributed by atoms with Crippen molar-refractivity contribution in [3.63, 3.8) is 0 Å². The van der Waals surface area contributed by atoms with E-state index in [0.717, 1.165) is 19.0 Å². The first-order valence-electron chi connectivity index (χ1n) is 12.1. The summed E-state index contributed by atoms with van der Waals surface area (Å²) >= 11 is 5.86. The number of rotatable bonds is 6. The van der Waals surface area contributed by atoms with Crippen LogP contribution in [0.4, 0.5) is 15.9 Å². The number of aromatic carboxylic acids is 1. The summed E-state index contributed by atoms with van der Waals surface area (Å²) in [6, 6.07) is 3.57. The first kappa shape index (κ1) is 24.9. The molecular weight excluding hydrogens is 503 g/mol. The Balaban J connectivity index is 1.50. The number of fused-ring (bicyclic) bond motifs is 1. The van der Waals surface area contributed by atoms with Crippen molar-refractivity contribution < 1.29 is 19.1 Å². The van der Waals surface area contributed by atoms with Gasteiger partial charge in [-0.3, -0.25) is 14.0 Å². The molecule has 194 valence electrons. The van der Waals surface area contributed by atoms with E-state index in [9.17, 15) is 23.9 Å². The van der Waals surface area contributed by atoms with Crippen molar-refractivity contribution in [2.45, 2.75) is 32.7 Å². The van der Waals surface area contributed by atoms with E-state index in [0.29, 0.717) is 43.1 Å². The quantitative estimate of drug-likeness (QED) is 0.468. The lowest BCUT2D eigenvalue weighted by molar-refractivity contribution is -0.132. The molecular formula is C25H26ClFN6O4. The minimum atomic E-state index is -1.27. The Kier molecular flexibility index (Phi) is 6.49. The van der Waals surface area contributed by atoms with Gasteiger partial charge in [-0.2, -0.15) is 0 Å². The van der Waals surface area contributed by atoms with Crippen molar-refractivity contribution in [3.8, 4) is 0 Å². The molecule has 3 aromatic rings. The van der Waals surface area contributed by atoms with E-state index in [1.54, 1.807) is 13.8 Å². The van der Waals surface area contributed by atoms with Crippen LogP contribution in [0.5, 0.6) is 0 Å². The minimum Gasteiger partial charge on any atom is -0.476 e. The molecule has 2 aliphatic rings. The summed E-state index contributed by atoms with van der Waals surface area (Å²) in [6.07, 6.45) is 3.00. The van der Waals surface area contributed by atoms with Gasteiger partial charge in [-0.05, 0) is 44.9 Å². The number of halogens is 2. The number of anilines is 2. The Morgan fingerprint density at radius 3 is 2.54 bits per heavy atom. The summed E-state index contributed by atoms with van der Waals surface area (Å²) in [7, 11) is 0. The van der Waals surface area contributed by atoms with Crippen molar-refractivity contribution >= 4 is 40.6 Å². The van der Waals surface area contributed by atoms with E-state index in [1.165, 1.54) is 22.6 Å². The zero-order chi connectivity index (χ0) is 26.4. The van der Waals surface area contributed by atoms with E-state index in [4.69, 9.17) is 16.6 Å². The van der Waals surface area contributed by atoms with Crippen molar-refractivity contribution in [1.29, 1.82) is 0 Å². The largest absolute Gasteiger partial charge is 0.476 e. The van der Waals surface area contributed by atoms with Gasteiger partial charge >= 0.3 is 5.97 Å². The highest BCUT2D eigenvalue weighted by Crippen LogP contribution is 2.32. The number of carboxylic acids is 1. The molecule has 0 radical (unpaired) electrons. The number of carbonyl (C=O) groups is 2. The molecule has 0 spiro atoms. The summed E-state index contributed by atoms with van der Waals surface area (Å²) in [5.41, 5.74) is 0.517. The third-order valence-electron chi connectivity index (χ3n) is 6.84. The van der Waals surface area contributed by atoms with Crippen molar-refractivity contribution in [2.75, 3.05) is 36.4 Å². The van der Waals surface area contributed by atoms with E-state index >= 15 is 0 Å². The average molecular weight is 529 g/mol. The molecule has 4 heterocycles. The van der Waals surface area contributed by atoms with Gasteiger partial charge in [0, 0.05) is 43.9 Å². The molecule has 5 rings (SSSR count). The van der Waals surface area contributed by atoms with Crippen LogP contribution in [0.2, 0.25) is 5.15 Å². The van der Waals surface area contributed by atoms with Crippen LogP contribution < -0.4 is 15.8 Å². The summed E-state index contributed by atoms with van der Waals surface area (Å²) < 4.78 is 15.8. The standard InChI is InChI=1S/C25H26ClFN6O4/c1-13-21(31-7-9-32(10-8-31)24(35)15-3-4-15)30-22-17(11-16(27)12-33(22)23(13)34)14(2)28-18-5-6-19(26)29-20(18)25(36)37/h5-6,11-12,14-15,28H,3-4,7-10H2,1-2H3,(H,36,37)/t14-/m1/s1. The van der Waals surface area contributed by atoms with Gasteiger partial charge in [0.1, 0.15) is 22.4 Å². The number of hydrogen-bond donors (Lipinski definition) is 2. The van der Waals surface area contributed by atoms with E-state index in [-0.39, 0.29) is 34.0 Å². The lowest BCUT2D eigenvalue weighted by Crippen LogP contribution is -2.50. The summed E-state index contributed by atoms with van der Waals surface area (Å²) in [5, 5.41) is 12.6. The van der Waals surface area contributed by atoms with Crippen LogP contribution in [0.1, 0.15) is 47.4 Å². The molecule has 0 bridgehead atoms. The van der Waals surface area contributed by atoms with Gasteiger partial charge < -0.3 is 20.2 Å². The van der Waals surface area contributed by atoms with Gasteiger partial charge in [-0.25, -0.2) is 19.2 Å². The maximum Gasteiger partial charge on any atom is 0.356 e. The fraction of sp³-hybridized carbons (Fsp3) is 0.400. The second-order valence-electron chi connectivity index (χ2n) is 9.46. The van der Waals surface area contributed by atoms with Crippen LogP contribution in [0.3, 0.4) is 0 Å². The van der Waals surface area contributed by atoms with Crippen LogP contribution in [0.25, 0.3) is 5.65 Å². The monoisotopic (exact) mass is 528 g/mol. The zero-order valence-electron chi connectivity index (χ0n) is 20.4. The number of amides is 1. The van der Waals surface area contributed by atoms with E-state index in [1.807, 2.05) is 9.80 Å². The van der Waals surface area contributed by atoms with E-state index in [2.05, 4.69) is 10.3 Å². The molecule has 1 saturated carbocycles. The number of carboxylic acid groups (broad SMARTS) is 1. The Bertz CT molecular complexity index is 1470. The number of nitrogens with one attached hydrogen (secondary N) is 1. The highest BCUT2D eigenvalue weighted by atomic mass is 35.5. The SMILES string of the molecule is Cc1c(N2CCN(C(=O)C3CC3)CC2)nc2c([C@@H](C)Nc3ccc(Cl)nc3C(=O)O)cc(F)cn2c1=O. The average Bonchev–Trinajstić information content (AvgIpc) is 3.72. The fourth-order valence-corrected chi connectivity index (χ4v) is 4.83. The molecule has 2 fully saturated rings. The highest BCUT2D eigenvalue weighted by molar-refractivity contribution is 6.29. The van der Waals surface area contributed by atoms with Gasteiger partial charge in [0.05, 0.1) is 17.3 Å². The topological polar surface area (TPSA) is 120 Å². The number of aromatic nitrogens is 3. The Morgan fingerprint density at radius 2 is 1.89 bits per heavy atom. The lowest BCUT2D eigenvalue weighted by Gasteiger charge is -2.36. The van der Waals surface area contributed by atoms with Crippen molar-refractivity contribution in [1.82, 2.24) is 19.3 Å². The minimum absolute atomic E-state index is 0.0269. The third-order valence-corrected chi connectivity index (χ3v) is 7.05. The molecule has 1 amide bonds. The highest BCUT2D eigenvalue weighted by Gasteiger charge is 2.35. The molecule has 1 saturated heterocycles. The number of pyridine rings is 2. The molecule has 0 unspecified atom stereocenters. The Morgan fingerprint density at radius 1 is 1.19 bits per heavy atom. The molecule has 1 aliphatic heterocycles. The van der Waals surface area contributed by atoms with Gasteiger partial charge in [-0.1, -0.05) is 11.6 Å². The molecule has 3 aromatic heterocycles. The molecule has 10 nitrogen and oxygen atoms in total. The number of nitrogens with zero attached hydrogens (tertiary/aromatic N) is 5. The Labute approximate surface area is 216 Å². The molecule has 2 N–H and O–H groups in total. The molecule has 37 heavy (non-hydrogen) atoms. The maximum atomic E-state index is 14.6. The summed E-state index contributed by atoms with van der Waals surface area (Å²) in [4.78, 5) is 49.8. The third kappa shape index (κ3) is 4.83. The smallest absolute Gasteiger partial charge is 0.356 e. The first-order valence-corrected chi connectivity index (χ1v) is 12.4.